The van der Waals surface area contributed by atoms with Gasteiger partial charge in [0, 0.05) is 6.04 Å². The minimum atomic E-state index is 0.168. The molecule has 0 spiro atoms. The van der Waals surface area contributed by atoms with E-state index in [2.05, 4.69) is 58.9 Å². The van der Waals surface area contributed by atoms with Gasteiger partial charge in [-0.05, 0) is 28.9 Å². The normalized spacial score (nSPS) is 15.4. The van der Waals surface area contributed by atoms with Gasteiger partial charge in [-0.1, -0.05) is 71.7 Å². The Morgan fingerprint density at radius 3 is 2.33 bits per heavy atom. The molecule has 0 fully saturated rings. The number of rotatable bonds is 5. The topological polar surface area (TPSA) is 26.0 Å². The van der Waals surface area contributed by atoms with Crippen molar-refractivity contribution in [1.82, 2.24) is 0 Å². The minimum absolute atomic E-state index is 0.168. The summed E-state index contributed by atoms with van der Waals surface area (Å²) in [5, 5.41) is 0. The van der Waals surface area contributed by atoms with Gasteiger partial charge in [0.05, 0.1) is 0 Å². The van der Waals surface area contributed by atoms with E-state index in [9.17, 15) is 0 Å². The number of hydrogen-bond acceptors (Lipinski definition) is 1. The molecule has 1 nitrogen and oxygen atoms in total. The maximum atomic E-state index is 6.42. The molecule has 0 bridgehead atoms. The molecule has 0 saturated heterocycles. The zero-order valence-electron chi connectivity index (χ0n) is 12.7. The first-order valence-corrected chi connectivity index (χ1v) is 7.21. The molecule has 0 aromatic heterocycles. The molecule has 1 rings (SSSR count). The zero-order chi connectivity index (χ0) is 13.8. The van der Waals surface area contributed by atoms with Gasteiger partial charge in [-0.2, -0.15) is 0 Å². The third-order valence-electron chi connectivity index (χ3n) is 3.61. The van der Waals surface area contributed by atoms with Crippen molar-refractivity contribution in [3.8, 4) is 0 Å². The molecule has 0 aliphatic carbocycles. The second-order valence-corrected chi connectivity index (χ2v) is 6.57. The van der Waals surface area contributed by atoms with Crippen LogP contribution in [0, 0.1) is 5.92 Å². The van der Waals surface area contributed by atoms with Crippen LogP contribution in [0.5, 0.6) is 0 Å². The molecule has 18 heavy (non-hydrogen) atoms. The van der Waals surface area contributed by atoms with Crippen LogP contribution in [0.1, 0.15) is 71.0 Å². The Hall–Kier alpha value is -0.820. The third kappa shape index (κ3) is 4.13. The van der Waals surface area contributed by atoms with Crippen LogP contribution in [-0.4, -0.2) is 0 Å². The molecule has 1 heteroatoms. The predicted molar refractivity (Wildman–Crippen MR) is 80.8 cm³/mol. The van der Waals surface area contributed by atoms with Crippen LogP contribution >= 0.6 is 0 Å². The van der Waals surface area contributed by atoms with E-state index in [-0.39, 0.29) is 11.5 Å². The summed E-state index contributed by atoms with van der Waals surface area (Å²) in [5.41, 5.74) is 9.31. The predicted octanol–water partition coefficient (Wildman–Crippen LogP) is 4.81. The summed E-state index contributed by atoms with van der Waals surface area (Å²) in [5.74, 6) is 0.707. The Morgan fingerprint density at radius 1 is 1.17 bits per heavy atom. The van der Waals surface area contributed by atoms with Gasteiger partial charge in [0.25, 0.3) is 0 Å². The van der Waals surface area contributed by atoms with Gasteiger partial charge in [0.2, 0.25) is 0 Å². The summed E-state index contributed by atoms with van der Waals surface area (Å²) < 4.78 is 0. The smallest absolute Gasteiger partial charge is 0.0300 e. The van der Waals surface area contributed by atoms with Gasteiger partial charge >= 0.3 is 0 Å². The summed E-state index contributed by atoms with van der Waals surface area (Å²) in [6.07, 6.45) is 3.60. The molecule has 2 N–H and O–H groups in total. The molecule has 0 saturated carbocycles. The van der Waals surface area contributed by atoms with Crippen LogP contribution < -0.4 is 5.73 Å². The standard InChI is InChI=1S/C17H29N/c1-6-9-13(2)12-16(18)14-10-7-8-11-15(14)17(3,4)5/h7-8,10-11,13,16H,6,9,12,18H2,1-5H3. The first-order chi connectivity index (χ1) is 8.36. The van der Waals surface area contributed by atoms with Gasteiger partial charge < -0.3 is 5.73 Å². The van der Waals surface area contributed by atoms with Crippen LogP contribution in [0.3, 0.4) is 0 Å². The first kappa shape index (κ1) is 15.2. The van der Waals surface area contributed by atoms with Gasteiger partial charge in [-0.25, -0.2) is 0 Å². The SMILES string of the molecule is CCCC(C)CC(N)c1ccccc1C(C)(C)C. The fourth-order valence-corrected chi connectivity index (χ4v) is 2.67. The monoisotopic (exact) mass is 247 g/mol. The minimum Gasteiger partial charge on any atom is -0.324 e. The Kier molecular flexibility index (Phi) is 5.40. The molecule has 0 heterocycles. The lowest BCUT2D eigenvalue weighted by Crippen LogP contribution is -2.21. The maximum absolute atomic E-state index is 6.42. The molecule has 102 valence electrons. The van der Waals surface area contributed by atoms with E-state index in [1.54, 1.807) is 0 Å². The summed E-state index contributed by atoms with van der Waals surface area (Å²) in [6, 6.07) is 8.81. The van der Waals surface area contributed by atoms with Crippen molar-refractivity contribution in [3.05, 3.63) is 35.4 Å². The van der Waals surface area contributed by atoms with Crippen molar-refractivity contribution in [2.24, 2.45) is 11.7 Å². The average Bonchev–Trinajstić information content (AvgIpc) is 2.28. The van der Waals surface area contributed by atoms with Crippen molar-refractivity contribution in [2.75, 3.05) is 0 Å². The lowest BCUT2D eigenvalue weighted by molar-refractivity contribution is 0.435. The summed E-state index contributed by atoms with van der Waals surface area (Å²) in [4.78, 5) is 0. The van der Waals surface area contributed by atoms with Gasteiger partial charge in [-0.3, -0.25) is 0 Å². The molecule has 2 unspecified atom stereocenters. The largest absolute Gasteiger partial charge is 0.324 e. The highest BCUT2D eigenvalue weighted by atomic mass is 14.6. The Balaban J connectivity index is 2.89. The molecule has 1 aromatic carbocycles. The van der Waals surface area contributed by atoms with E-state index in [4.69, 9.17) is 5.73 Å². The maximum Gasteiger partial charge on any atom is 0.0300 e. The van der Waals surface area contributed by atoms with Crippen LogP contribution in [0.25, 0.3) is 0 Å². The molecular formula is C17H29N. The lowest BCUT2D eigenvalue weighted by Gasteiger charge is -2.27. The van der Waals surface area contributed by atoms with Crippen LogP contribution in [-0.2, 0) is 5.41 Å². The molecule has 0 amide bonds. The Labute approximate surface area is 113 Å². The molecule has 1 aromatic rings. The highest BCUT2D eigenvalue weighted by Crippen LogP contribution is 2.31. The second-order valence-electron chi connectivity index (χ2n) is 6.57. The van der Waals surface area contributed by atoms with E-state index in [1.165, 1.54) is 24.0 Å². The zero-order valence-corrected chi connectivity index (χ0v) is 12.7. The van der Waals surface area contributed by atoms with E-state index < -0.39 is 0 Å². The van der Waals surface area contributed by atoms with Gasteiger partial charge in [0.1, 0.15) is 0 Å². The van der Waals surface area contributed by atoms with E-state index in [0.29, 0.717) is 5.92 Å². The van der Waals surface area contributed by atoms with E-state index in [0.717, 1.165) is 6.42 Å². The van der Waals surface area contributed by atoms with Crippen molar-refractivity contribution in [3.63, 3.8) is 0 Å². The molecule has 2 atom stereocenters. The second kappa shape index (κ2) is 6.38. The van der Waals surface area contributed by atoms with Crippen LogP contribution in [0.15, 0.2) is 24.3 Å². The van der Waals surface area contributed by atoms with E-state index >= 15 is 0 Å². The quantitative estimate of drug-likeness (QED) is 0.794. The van der Waals surface area contributed by atoms with Crippen molar-refractivity contribution < 1.29 is 0 Å². The van der Waals surface area contributed by atoms with Crippen LogP contribution in [0.4, 0.5) is 0 Å². The number of benzene rings is 1. The lowest BCUT2D eigenvalue weighted by atomic mass is 9.80. The summed E-state index contributed by atoms with van der Waals surface area (Å²) in [6.45, 7) is 11.3. The number of nitrogens with two attached hydrogens (primary N) is 1. The number of hydrogen-bond donors (Lipinski definition) is 1. The molecule has 0 radical (unpaired) electrons. The highest BCUT2D eigenvalue weighted by Gasteiger charge is 2.21. The van der Waals surface area contributed by atoms with E-state index in [1.807, 2.05) is 0 Å². The average molecular weight is 247 g/mol. The summed E-state index contributed by atoms with van der Waals surface area (Å²) in [7, 11) is 0. The van der Waals surface area contributed by atoms with Crippen molar-refractivity contribution in [2.45, 2.75) is 65.3 Å². The van der Waals surface area contributed by atoms with Crippen molar-refractivity contribution >= 4 is 0 Å². The third-order valence-corrected chi connectivity index (χ3v) is 3.61. The molecular weight excluding hydrogens is 218 g/mol. The fourth-order valence-electron chi connectivity index (χ4n) is 2.67. The summed E-state index contributed by atoms with van der Waals surface area (Å²) >= 11 is 0. The van der Waals surface area contributed by atoms with Crippen LogP contribution in [0.2, 0.25) is 0 Å². The fraction of sp³-hybridized carbons (Fsp3) is 0.647. The van der Waals surface area contributed by atoms with Crippen molar-refractivity contribution in [1.29, 1.82) is 0 Å². The Morgan fingerprint density at radius 2 is 1.78 bits per heavy atom. The molecule has 0 aliphatic heterocycles. The first-order valence-electron chi connectivity index (χ1n) is 7.21. The highest BCUT2D eigenvalue weighted by molar-refractivity contribution is 5.35. The van der Waals surface area contributed by atoms with Gasteiger partial charge in [0.15, 0.2) is 0 Å². The Bertz CT molecular complexity index is 362. The van der Waals surface area contributed by atoms with Gasteiger partial charge in [-0.15, -0.1) is 0 Å². The molecule has 0 aliphatic rings.